The fourth-order valence-corrected chi connectivity index (χ4v) is 1.56. The first-order valence-corrected chi connectivity index (χ1v) is 5.73. The molecule has 2 N–H and O–H groups in total. The van der Waals surface area contributed by atoms with E-state index in [0.717, 1.165) is 11.3 Å². The zero-order valence-corrected chi connectivity index (χ0v) is 10.6. The van der Waals surface area contributed by atoms with E-state index >= 15 is 0 Å². The lowest BCUT2D eigenvalue weighted by molar-refractivity contribution is -0.130. The van der Waals surface area contributed by atoms with Crippen molar-refractivity contribution in [3.63, 3.8) is 0 Å². The van der Waals surface area contributed by atoms with Crippen LogP contribution in [-0.2, 0) is 11.2 Å². The Kier molecular flexibility index (Phi) is 4.97. The maximum Gasteiger partial charge on any atom is 0.239 e. The van der Waals surface area contributed by atoms with Crippen molar-refractivity contribution in [2.45, 2.75) is 19.4 Å². The van der Waals surface area contributed by atoms with E-state index in [9.17, 15) is 4.79 Å². The molecule has 1 atom stereocenters. The number of hydrogen-bond acceptors (Lipinski definition) is 3. The number of nitrogens with zero attached hydrogens (tertiary/aromatic N) is 1. The lowest BCUT2D eigenvalue weighted by Crippen LogP contribution is -2.41. The minimum atomic E-state index is -0.483. The fraction of sp³-hybridized carbons (Fsp3) is 0.462. The van der Waals surface area contributed by atoms with Gasteiger partial charge in [0.05, 0.1) is 12.6 Å². The number of benzene rings is 1. The van der Waals surface area contributed by atoms with Crippen LogP contribution in [0.15, 0.2) is 24.3 Å². The molecule has 0 aliphatic carbocycles. The van der Waals surface area contributed by atoms with Crippen molar-refractivity contribution in [1.29, 1.82) is 0 Å². The Morgan fingerprint density at radius 2 is 1.94 bits per heavy atom. The molecule has 4 heteroatoms. The van der Waals surface area contributed by atoms with Crippen LogP contribution in [0.25, 0.3) is 0 Å². The zero-order chi connectivity index (χ0) is 12.8. The van der Waals surface area contributed by atoms with Crippen LogP contribution in [-0.4, -0.2) is 37.6 Å². The lowest BCUT2D eigenvalue weighted by atomic mass is 10.1. The van der Waals surface area contributed by atoms with Crippen LogP contribution in [0.1, 0.15) is 12.5 Å². The monoisotopic (exact) mass is 236 g/mol. The third-order valence-corrected chi connectivity index (χ3v) is 2.45. The molecule has 0 spiro atoms. The van der Waals surface area contributed by atoms with Gasteiger partial charge in [0, 0.05) is 14.1 Å². The second-order valence-corrected chi connectivity index (χ2v) is 4.12. The molecule has 0 saturated heterocycles. The van der Waals surface area contributed by atoms with Crippen molar-refractivity contribution < 1.29 is 9.53 Å². The lowest BCUT2D eigenvalue weighted by Gasteiger charge is -2.16. The number of rotatable bonds is 5. The van der Waals surface area contributed by atoms with E-state index in [0.29, 0.717) is 13.0 Å². The zero-order valence-electron chi connectivity index (χ0n) is 10.6. The van der Waals surface area contributed by atoms with Crippen molar-refractivity contribution in [2.24, 2.45) is 5.73 Å². The van der Waals surface area contributed by atoms with Gasteiger partial charge in [0.25, 0.3) is 0 Å². The molecule has 0 aliphatic rings. The molecule has 0 fully saturated rings. The normalized spacial score (nSPS) is 12.0. The number of carbonyl (C=O) groups excluding carboxylic acids is 1. The molecule has 0 saturated carbocycles. The van der Waals surface area contributed by atoms with Crippen molar-refractivity contribution in [2.75, 3.05) is 20.7 Å². The Morgan fingerprint density at radius 1 is 1.35 bits per heavy atom. The average molecular weight is 236 g/mol. The quantitative estimate of drug-likeness (QED) is 0.831. The Balaban J connectivity index is 2.60. The highest BCUT2D eigenvalue weighted by Crippen LogP contribution is 2.13. The third-order valence-electron chi connectivity index (χ3n) is 2.45. The third kappa shape index (κ3) is 4.07. The molecule has 94 valence electrons. The fourth-order valence-electron chi connectivity index (χ4n) is 1.56. The first kappa shape index (κ1) is 13.5. The van der Waals surface area contributed by atoms with E-state index in [4.69, 9.17) is 10.5 Å². The Morgan fingerprint density at radius 3 is 2.41 bits per heavy atom. The van der Waals surface area contributed by atoms with Crippen molar-refractivity contribution in [3.8, 4) is 5.75 Å². The molecule has 1 rings (SSSR count). The molecule has 1 unspecified atom stereocenters. The SMILES string of the molecule is CCOc1ccc(CC(N)C(=O)N(C)C)cc1. The molecule has 4 nitrogen and oxygen atoms in total. The molecule has 0 aliphatic heterocycles. The molecule has 1 aromatic carbocycles. The first-order chi connectivity index (χ1) is 8.04. The van der Waals surface area contributed by atoms with E-state index in [1.807, 2.05) is 31.2 Å². The summed E-state index contributed by atoms with van der Waals surface area (Å²) in [6.07, 6.45) is 0.545. The number of nitrogens with two attached hydrogens (primary N) is 1. The van der Waals surface area contributed by atoms with Gasteiger partial charge in [-0.15, -0.1) is 0 Å². The highest BCUT2D eigenvalue weighted by atomic mass is 16.5. The number of carbonyl (C=O) groups is 1. The topological polar surface area (TPSA) is 55.6 Å². The number of hydrogen-bond donors (Lipinski definition) is 1. The second kappa shape index (κ2) is 6.25. The number of amides is 1. The second-order valence-electron chi connectivity index (χ2n) is 4.12. The standard InChI is InChI=1S/C13H20N2O2/c1-4-17-11-7-5-10(6-8-11)9-12(14)13(16)15(2)3/h5-8,12H,4,9,14H2,1-3H3. The average Bonchev–Trinajstić information content (AvgIpc) is 2.30. The van der Waals surface area contributed by atoms with Gasteiger partial charge in [-0.05, 0) is 31.0 Å². The number of ether oxygens (including phenoxy) is 1. The summed E-state index contributed by atoms with van der Waals surface area (Å²) in [5.41, 5.74) is 6.86. The van der Waals surface area contributed by atoms with Crippen LogP contribution >= 0.6 is 0 Å². The van der Waals surface area contributed by atoms with Gasteiger partial charge in [-0.3, -0.25) is 4.79 Å². The van der Waals surface area contributed by atoms with E-state index in [2.05, 4.69) is 0 Å². The van der Waals surface area contributed by atoms with Crippen LogP contribution < -0.4 is 10.5 Å². The number of likely N-dealkylation sites (N-methyl/N-ethyl adjacent to an activating group) is 1. The Bertz CT molecular complexity index is 360. The van der Waals surface area contributed by atoms with Gasteiger partial charge in [-0.1, -0.05) is 12.1 Å². The predicted molar refractivity (Wildman–Crippen MR) is 68.0 cm³/mol. The van der Waals surface area contributed by atoms with E-state index in [1.54, 1.807) is 14.1 Å². The Hall–Kier alpha value is -1.55. The van der Waals surface area contributed by atoms with Crippen LogP contribution in [0.4, 0.5) is 0 Å². The van der Waals surface area contributed by atoms with Gasteiger partial charge in [-0.25, -0.2) is 0 Å². The van der Waals surface area contributed by atoms with Gasteiger partial charge >= 0.3 is 0 Å². The van der Waals surface area contributed by atoms with Gasteiger partial charge < -0.3 is 15.4 Å². The maximum absolute atomic E-state index is 11.6. The molecule has 0 radical (unpaired) electrons. The summed E-state index contributed by atoms with van der Waals surface area (Å²) in [5.74, 6) is 0.780. The highest BCUT2D eigenvalue weighted by molar-refractivity contribution is 5.81. The first-order valence-electron chi connectivity index (χ1n) is 5.73. The molecule has 1 amide bonds. The van der Waals surface area contributed by atoms with Crippen LogP contribution in [0, 0.1) is 0 Å². The molecule has 17 heavy (non-hydrogen) atoms. The van der Waals surface area contributed by atoms with Gasteiger partial charge in [-0.2, -0.15) is 0 Å². The summed E-state index contributed by atoms with van der Waals surface area (Å²) in [6.45, 7) is 2.59. The summed E-state index contributed by atoms with van der Waals surface area (Å²) in [6, 6.07) is 7.18. The minimum Gasteiger partial charge on any atom is -0.494 e. The molecule has 0 heterocycles. The van der Waals surface area contributed by atoms with Gasteiger partial charge in [0.2, 0.25) is 5.91 Å². The van der Waals surface area contributed by atoms with E-state index in [1.165, 1.54) is 4.90 Å². The summed E-state index contributed by atoms with van der Waals surface area (Å²) in [7, 11) is 3.42. The van der Waals surface area contributed by atoms with Crippen LogP contribution in [0.3, 0.4) is 0 Å². The smallest absolute Gasteiger partial charge is 0.239 e. The van der Waals surface area contributed by atoms with Crippen molar-refractivity contribution in [1.82, 2.24) is 4.90 Å². The van der Waals surface area contributed by atoms with Crippen molar-refractivity contribution >= 4 is 5.91 Å². The van der Waals surface area contributed by atoms with Crippen LogP contribution in [0.2, 0.25) is 0 Å². The summed E-state index contributed by atoms with van der Waals surface area (Å²) >= 11 is 0. The molecular weight excluding hydrogens is 216 g/mol. The predicted octanol–water partition coefficient (Wildman–Crippen LogP) is 1.04. The molecule has 1 aromatic rings. The minimum absolute atomic E-state index is 0.0566. The molecule has 0 aromatic heterocycles. The van der Waals surface area contributed by atoms with Crippen molar-refractivity contribution in [3.05, 3.63) is 29.8 Å². The van der Waals surface area contributed by atoms with E-state index in [-0.39, 0.29) is 5.91 Å². The molecular formula is C13H20N2O2. The van der Waals surface area contributed by atoms with Gasteiger partial charge in [0.1, 0.15) is 5.75 Å². The van der Waals surface area contributed by atoms with Crippen LogP contribution in [0.5, 0.6) is 5.75 Å². The highest BCUT2D eigenvalue weighted by Gasteiger charge is 2.15. The largest absolute Gasteiger partial charge is 0.494 e. The maximum atomic E-state index is 11.6. The summed E-state index contributed by atoms with van der Waals surface area (Å²) in [4.78, 5) is 13.1. The van der Waals surface area contributed by atoms with E-state index < -0.39 is 6.04 Å². The van der Waals surface area contributed by atoms with Gasteiger partial charge in [0.15, 0.2) is 0 Å². The summed E-state index contributed by atoms with van der Waals surface area (Å²) < 4.78 is 5.35. The summed E-state index contributed by atoms with van der Waals surface area (Å²) in [5, 5.41) is 0. The Labute approximate surface area is 102 Å². The molecule has 0 bridgehead atoms.